The Morgan fingerprint density at radius 1 is 1.19 bits per heavy atom. The SMILES string of the molecule is CCCC(CCO)CNc1ccc(S(=O)(=O)N(C)C)cc1. The van der Waals surface area contributed by atoms with Crippen LogP contribution in [0.2, 0.25) is 0 Å². The first-order valence-electron chi connectivity index (χ1n) is 7.29. The molecule has 5 nitrogen and oxygen atoms in total. The van der Waals surface area contributed by atoms with Crippen molar-refractivity contribution in [2.75, 3.05) is 32.6 Å². The van der Waals surface area contributed by atoms with Crippen molar-refractivity contribution >= 4 is 15.7 Å². The van der Waals surface area contributed by atoms with Gasteiger partial charge in [0.05, 0.1) is 4.90 Å². The van der Waals surface area contributed by atoms with Gasteiger partial charge in [0.25, 0.3) is 0 Å². The number of benzene rings is 1. The van der Waals surface area contributed by atoms with Gasteiger partial charge in [0.2, 0.25) is 10.0 Å². The molecule has 1 aromatic rings. The highest BCUT2D eigenvalue weighted by Gasteiger charge is 2.16. The summed E-state index contributed by atoms with van der Waals surface area (Å²) in [4.78, 5) is 0.290. The monoisotopic (exact) mass is 314 g/mol. The lowest BCUT2D eigenvalue weighted by atomic mass is 10.0. The third-order valence-corrected chi connectivity index (χ3v) is 5.29. The van der Waals surface area contributed by atoms with E-state index in [1.807, 2.05) is 0 Å². The molecule has 0 heterocycles. The Morgan fingerprint density at radius 2 is 1.81 bits per heavy atom. The maximum atomic E-state index is 12.0. The van der Waals surface area contributed by atoms with E-state index in [2.05, 4.69) is 12.2 Å². The molecule has 0 saturated carbocycles. The molecule has 2 N–H and O–H groups in total. The average molecular weight is 314 g/mol. The normalized spacial score (nSPS) is 13.4. The molecule has 0 bridgehead atoms. The number of aliphatic hydroxyl groups is 1. The molecule has 0 saturated heterocycles. The van der Waals surface area contributed by atoms with Gasteiger partial charge in [-0.1, -0.05) is 13.3 Å². The fourth-order valence-corrected chi connectivity index (χ4v) is 3.06. The molecule has 0 amide bonds. The van der Waals surface area contributed by atoms with Crippen molar-refractivity contribution in [3.8, 4) is 0 Å². The van der Waals surface area contributed by atoms with Crippen LogP contribution in [-0.2, 0) is 10.0 Å². The number of nitrogens with one attached hydrogen (secondary N) is 1. The lowest BCUT2D eigenvalue weighted by molar-refractivity contribution is 0.255. The molecule has 0 aliphatic heterocycles. The topological polar surface area (TPSA) is 69.6 Å². The summed E-state index contributed by atoms with van der Waals surface area (Å²) in [6.45, 7) is 3.12. The van der Waals surface area contributed by atoms with Gasteiger partial charge in [0, 0.05) is 32.9 Å². The van der Waals surface area contributed by atoms with Crippen LogP contribution in [0.4, 0.5) is 5.69 Å². The van der Waals surface area contributed by atoms with Crippen molar-refractivity contribution in [1.29, 1.82) is 0 Å². The largest absolute Gasteiger partial charge is 0.396 e. The van der Waals surface area contributed by atoms with Crippen LogP contribution in [0.15, 0.2) is 29.2 Å². The van der Waals surface area contributed by atoms with Crippen LogP contribution in [0.1, 0.15) is 26.2 Å². The van der Waals surface area contributed by atoms with Gasteiger partial charge in [-0.05, 0) is 43.0 Å². The zero-order chi connectivity index (χ0) is 15.9. The van der Waals surface area contributed by atoms with Crippen molar-refractivity contribution in [3.05, 3.63) is 24.3 Å². The van der Waals surface area contributed by atoms with Gasteiger partial charge in [-0.15, -0.1) is 0 Å². The van der Waals surface area contributed by atoms with Gasteiger partial charge >= 0.3 is 0 Å². The predicted octanol–water partition coefficient (Wildman–Crippen LogP) is 2.15. The van der Waals surface area contributed by atoms with Gasteiger partial charge in [-0.2, -0.15) is 0 Å². The van der Waals surface area contributed by atoms with Gasteiger partial charge in [-0.3, -0.25) is 0 Å². The Kier molecular flexibility index (Phi) is 7.14. The van der Waals surface area contributed by atoms with Crippen LogP contribution in [0.25, 0.3) is 0 Å². The van der Waals surface area contributed by atoms with E-state index in [1.54, 1.807) is 24.3 Å². The zero-order valence-corrected chi connectivity index (χ0v) is 13.9. The predicted molar refractivity (Wildman–Crippen MR) is 85.9 cm³/mol. The summed E-state index contributed by atoms with van der Waals surface area (Å²) < 4.78 is 25.1. The maximum Gasteiger partial charge on any atom is 0.242 e. The first-order valence-corrected chi connectivity index (χ1v) is 8.73. The second-order valence-corrected chi connectivity index (χ2v) is 7.51. The molecule has 0 fully saturated rings. The van der Waals surface area contributed by atoms with Crippen LogP contribution in [0.3, 0.4) is 0 Å². The van der Waals surface area contributed by atoms with E-state index in [4.69, 9.17) is 5.11 Å². The standard InChI is InChI=1S/C15H26N2O3S/c1-4-5-13(10-11-18)12-16-14-6-8-15(9-7-14)21(19,20)17(2)3/h6-9,13,16,18H,4-5,10-12H2,1-3H3. The second-order valence-electron chi connectivity index (χ2n) is 5.36. The van der Waals surface area contributed by atoms with Crippen molar-refractivity contribution in [3.63, 3.8) is 0 Å². The maximum absolute atomic E-state index is 12.0. The van der Waals surface area contributed by atoms with Crippen LogP contribution in [-0.4, -0.2) is 45.1 Å². The summed E-state index contributed by atoms with van der Waals surface area (Å²) in [6.07, 6.45) is 2.95. The summed E-state index contributed by atoms with van der Waals surface area (Å²) in [5, 5.41) is 12.3. The third kappa shape index (κ3) is 5.30. The van der Waals surface area contributed by atoms with E-state index in [0.29, 0.717) is 10.8 Å². The lowest BCUT2D eigenvalue weighted by Gasteiger charge is -2.17. The summed E-state index contributed by atoms with van der Waals surface area (Å²) in [5.74, 6) is 0.435. The highest BCUT2D eigenvalue weighted by atomic mass is 32.2. The number of nitrogens with zero attached hydrogens (tertiary/aromatic N) is 1. The van der Waals surface area contributed by atoms with E-state index < -0.39 is 10.0 Å². The van der Waals surface area contributed by atoms with E-state index >= 15 is 0 Å². The Balaban J connectivity index is 2.67. The molecule has 21 heavy (non-hydrogen) atoms. The fraction of sp³-hybridized carbons (Fsp3) is 0.600. The van der Waals surface area contributed by atoms with Gasteiger partial charge < -0.3 is 10.4 Å². The van der Waals surface area contributed by atoms with E-state index in [0.717, 1.165) is 31.5 Å². The smallest absolute Gasteiger partial charge is 0.242 e. The molecule has 0 aromatic heterocycles. The Hall–Kier alpha value is -1.11. The highest BCUT2D eigenvalue weighted by Crippen LogP contribution is 2.18. The first-order chi connectivity index (χ1) is 9.91. The van der Waals surface area contributed by atoms with E-state index in [-0.39, 0.29) is 6.61 Å². The summed E-state index contributed by atoms with van der Waals surface area (Å²) in [5.41, 5.74) is 0.895. The van der Waals surface area contributed by atoms with Gasteiger partial charge in [0.15, 0.2) is 0 Å². The minimum absolute atomic E-state index is 0.201. The number of rotatable bonds is 9. The van der Waals surface area contributed by atoms with Crippen LogP contribution >= 0.6 is 0 Å². The molecule has 6 heteroatoms. The fourth-order valence-electron chi connectivity index (χ4n) is 2.16. The highest BCUT2D eigenvalue weighted by molar-refractivity contribution is 7.89. The molecule has 0 aliphatic rings. The van der Waals surface area contributed by atoms with Gasteiger partial charge in [0.1, 0.15) is 0 Å². The van der Waals surface area contributed by atoms with E-state index in [1.165, 1.54) is 18.4 Å². The van der Waals surface area contributed by atoms with Crippen LogP contribution in [0.5, 0.6) is 0 Å². The number of hydrogen-bond donors (Lipinski definition) is 2. The molecule has 1 aromatic carbocycles. The lowest BCUT2D eigenvalue weighted by Crippen LogP contribution is -2.22. The molecule has 120 valence electrons. The minimum Gasteiger partial charge on any atom is -0.396 e. The number of sulfonamides is 1. The average Bonchev–Trinajstić information content (AvgIpc) is 2.45. The molecule has 1 unspecified atom stereocenters. The third-order valence-electron chi connectivity index (χ3n) is 3.46. The molecule has 0 aliphatic carbocycles. The molecule has 1 atom stereocenters. The van der Waals surface area contributed by atoms with Crippen molar-refractivity contribution < 1.29 is 13.5 Å². The Bertz CT molecular complexity index is 506. The summed E-state index contributed by atoms with van der Waals surface area (Å²) >= 11 is 0. The Morgan fingerprint density at radius 3 is 2.29 bits per heavy atom. The number of hydrogen-bond acceptors (Lipinski definition) is 4. The molecular formula is C15H26N2O3S. The van der Waals surface area contributed by atoms with Crippen molar-refractivity contribution in [2.24, 2.45) is 5.92 Å². The van der Waals surface area contributed by atoms with Gasteiger partial charge in [-0.25, -0.2) is 12.7 Å². The number of aliphatic hydroxyl groups excluding tert-OH is 1. The van der Waals surface area contributed by atoms with Crippen molar-refractivity contribution in [2.45, 2.75) is 31.1 Å². The second kappa shape index (κ2) is 8.36. The zero-order valence-electron chi connectivity index (χ0n) is 13.0. The molecule has 0 radical (unpaired) electrons. The summed E-state index contributed by atoms with van der Waals surface area (Å²) in [7, 11) is -0.331. The minimum atomic E-state index is -3.37. The van der Waals surface area contributed by atoms with Crippen LogP contribution in [0, 0.1) is 5.92 Å². The van der Waals surface area contributed by atoms with E-state index in [9.17, 15) is 8.42 Å². The molecular weight excluding hydrogens is 288 g/mol. The quantitative estimate of drug-likeness (QED) is 0.733. The van der Waals surface area contributed by atoms with Crippen LogP contribution < -0.4 is 5.32 Å². The number of anilines is 1. The Labute approximate surface area is 128 Å². The summed E-state index contributed by atoms with van der Waals surface area (Å²) in [6, 6.07) is 6.77. The molecule has 1 rings (SSSR count). The van der Waals surface area contributed by atoms with Crippen molar-refractivity contribution in [1.82, 2.24) is 4.31 Å². The first kappa shape index (κ1) is 17.9. The molecule has 0 spiro atoms.